The summed E-state index contributed by atoms with van der Waals surface area (Å²) in [5.74, 6) is 0.420. The summed E-state index contributed by atoms with van der Waals surface area (Å²) in [7, 11) is 0. The molecular weight excluding hydrogens is 289 g/mol. The Labute approximate surface area is 128 Å². The predicted molar refractivity (Wildman–Crippen MR) is 84.9 cm³/mol. The minimum atomic E-state index is -1.18. The molecule has 0 aliphatic rings. The molecule has 116 valence electrons. The molecule has 0 fully saturated rings. The molecule has 1 N–H and O–H groups in total. The molecule has 1 heterocycles. The smallest absolute Gasteiger partial charge is 0.136 e. The molecule has 2 atom stereocenters. The quantitative estimate of drug-likeness (QED) is 0.829. The van der Waals surface area contributed by atoms with E-state index in [9.17, 15) is 8.94 Å². The lowest BCUT2D eigenvalue weighted by atomic mass is 10.1. The van der Waals surface area contributed by atoms with Crippen molar-refractivity contribution in [2.75, 3.05) is 0 Å². The van der Waals surface area contributed by atoms with Gasteiger partial charge in [0.2, 0.25) is 0 Å². The summed E-state index contributed by atoms with van der Waals surface area (Å²) in [6, 6.07) is 6.14. The molecule has 1 aromatic carbocycles. The van der Waals surface area contributed by atoms with Crippen molar-refractivity contribution in [3.8, 4) is 0 Å². The van der Waals surface area contributed by atoms with Gasteiger partial charge in [0, 0.05) is 16.7 Å². The molecule has 21 heavy (non-hydrogen) atoms. The van der Waals surface area contributed by atoms with E-state index in [4.69, 9.17) is 4.42 Å². The predicted octanol–water partition coefficient (Wildman–Crippen LogP) is 4.46. The van der Waals surface area contributed by atoms with Crippen LogP contribution in [0.3, 0.4) is 0 Å². The Morgan fingerprint density at radius 1 is 1.33 bits per heavy atom. The highest BCUT2D eigenvalue weighted by molar-refractivity contribution is 7.90. The summed E-state index contributed by atoms with van der Waals surface area (Å²) >= 11 is -1.18. The summed E-state index contributed by atoms with van der Waals surface area (Å²) in [4.78, 5) is 0. The van der Waals surface area contributed by atoms with Crippen molar-refractivity contribution in [3.05, 3.63) is 35.8 Å². The largest absolute Gasteiger partial charge is 0.598 e. The van der Waals surface area contributed by atoms with Crippen molar-refractivity contribution in [2.45, 2.75) is 51.3 Å². The van der Waals surface area contributed by atoms with E-state index in [1.807, 2.05) is 26.8 Å². The van der Waals surface area contributed by atoms with Gasteiger partial charge in [-0.3, -0.25) is 0 Å². The van der Waals surface area contributed by atoms with Crippen LogP contribution >= 0.6 is 0 Å². The van der Waals surface area contributed by atoms with Gasteiger partial charge in [-0.1, -0.05) is 13.3 Å². The fourth-order valence-corrected chi connectivity index (χ4v) is 2.91. The average Bonchev–Trinajstić information content (AvgIpc) is 2.79. The zero-order chi connectivity index (χ0) is 15.6. The molecule has 0 saturated heterocycles. The molecule has 0 saturated carbocycles. The number of hydrogen-bond donors (Lipinski definition) is 1. The first kappa shape index (κ1) is 16.3. The number of halogens is 1. The van der Waals surface area contributed by atoms with Crippen LogP contribution in [0.2, 0.25) is 0 Å². The number of benzene rings is 1. The number of rotatable bonds is 5. The summed E-state index contributed by atoms with van der Waals surface area (Å²) in [6.07, 6.45) is 1.74. The second-order valence-corrected chi connectivity index (χ2v) is 8.17. The highest BCUT2D eigenvalue weighted by Crippen LogP contribution is 2.29. The molecule has 0 bridgehead atoms. The summed E-state index contributed by atoms with van der Waals surface area (Å²) in [5.41, 5.74) is 0.649. The van der Waals surface area contributed by atoms with Crippen LogP contribution in [0.1, 0.15) is 52.3 Å². The van der Waals surface area contributed by atoms with E-state index in [2.05, 4.69) is 11.6 Å². The lowest BCUT2D eigenvalue weighted by Crippen LogP contribution is -2.41. The van der Waals surface area contributed by atoms with Crippen LogP contribution in [0, 0.1) is 5.82 Å². The van der Waals surface area contributed by atoms with E-state index in [-0.39, 0.29) is 16.6 Å². The molecule has 0 amide bonds. The van der Waals surface area contributed by atoms with Crippen LogP contribution in [-0.2, 0) is 11.4 Å². The first-order chi connectivity index (χ1) is 9.81. The maximum atomic E-state index is 13.3. The van der Waals surface area contributed by atoms with Crippen molar-refractivity contribution in [2.24, 2.45) is 0 Å². The zero-order valence-electron chi connectivity index (χ0n) is 12.9. The molecule has 0 radical (unpaired) electrons. The fraction of sp³-hybridized carbons (Fsp3) is 0.500. The van der Waals surface area contributed by atoms with Crippen molar-refractivity contribution >= 4 is 22.3 Å². The second-order valence-electron chi connectivity index (χ2n) is 6.17. The van der Waals surface area contributed by atoms with Crippen LogP contribution < -0.4 is 4.72 Å². The molecule has 3 nitrogen and oxygen atoms in total. The van der Waals surface area contributed by atoms with Crippen LogP contribution in [0.25, 0.3) is 11.0 Å². The summed E-state index contributed by atoms with van der Waals surface area (Å²) in [5, 5.41) is 0.731. The van der Waals surface area contributed by atoms with Crippen LogP contribution in [-0.4, -0.2) is 9.30 Å². The van der Waals surface area contributed by atoms with E-state index in [0.717, 1.165) is 18.2 Å². The van der Waals surface area contributed by atoms with Gasteiger partial charge in [-0.25, -0.2) is 4.39 Å². The van der Waals surface area contributed by atoms with Gasteiger partial charge in [0.05, 0.1) is 0 Å². The van der Waals surface area contributed by atoms with Gasteiger partial charge in [0.15, 0.2) is 0 Å². The Morgan fingerprint density at radius 3 is 2.67 bits per heavy atom. The topological polar surface area (TPSA) is 48.2 Å². The number of hydrogen-bond acceptors (Lipinski definition) is 3. The fourth-order valence-electron chi connectivity index (χ4n) is 2.06. The van der Waals surface area contributed by atoms with Crippen LogP contribution in [0.15, 0.2) is 28.7 Å². The monoisotopic (exact) mass is 311 g/mol. The summed E-state index contributed by atoms with van der Waals surface area (Å²) in [6.45, 7) is 7.84. The van der Waals surface area contributed by atoms with Gasteiger partial charge in [-0.2, -0.15) is 0 Å². The molecule has 0 aliphatic heterocycles. The van der Waals surface area contributed by atoms with E-state index in [1.54, 1.807) is 6.07 Å². The van der Waals surface area contributed by atoms with Crippen molar-refractivity contribution in [1.29, 1.82) is 0 Å². The Bertz CT molecular complexity index is 606. The van der Waals surface area contributed by atoms with Gasteiger partial charge in [-0.15, -0.1) is 4.72 Å². The van der Waals surface area contributed by atoms with Crippen LogP contribution in [0.5, 0.6) is 0 Å². The SMILES string of the molecule is CCCC(N[S+]([O-])C(C)(C)C)c1cc2cc(F)ccc2o1. The van der Waals surface area contributed by atoms with Crippen molar-refractivity contribution < 1.29 is 13.4 Å². The minimum Gasteiger partial charge on any atom is -0.598 e. The third kappa shape index (κ3) is 3.99. The molecule has 2 rings (SSSR count). The average molecular weight is 311 g/mol. The maximum absolute atomic E-state index is 13.3. The third-order valence-electron chi connectivity index (χ3n) is 3.22. The van der Waals surface area contributed by atoms with Gasteiger partial charge in [0.1, 0.15) is 27.9 Å². The van der Waals surface area contributed by atoms with E-state index in [0.29, 0.717) is 11.3 Å². The van der Waals surface area contributed by atoms with E-state index >= 15 is 0 Å². The summed E-state index contributed by atoms with van der Waals surface area (Å²) < 4.78 is 34.1. The molecular formula is C16H22FNO2S. The van der Waals surface area contributed by atoms with Gasteiger partial charge >= 0.3 is 0 Å². The Morgan fingerprint density at radius 2 is 2.05 bits per heavy atom. The lowest BCUT2D eigenvalue weighted by Gasteiger charge is -2.27. The maximum Gasteiger partial charge on any atom is 0.136 e. The normalized spacial score (nSPS) is 15.3. The number of fused-ring (bicyclic) bond motifs is 1. The highest BCUT2D eigenvalue weighted by Gasteiger charge is 2.30. The highest BCUT2D eigenvalue weighted by atomic mass is 32.2. The minimum absolute atomic E-state index is 0.134. The van der Waals surface area contributed by atoms with Crippen LogP contribution in [0.4, 0.5) is 4.39 Å². The first-order valence-electron chi connectivity index (χ1n) is 7.18. The zero-order valence-corrected chi connectivity index (χ0v) is 13.7. The Hall–Kier alpha value is -1.04. The molecule has 0 spiro atoms. The van der Waals surface area contributed by atoms with Gasteiger partial charge in [0.25, 0.3) is 0 Å². The molecule has 1 aromatic heterocycles. The molecule has 2 unspecified atom stereocenters. The van der Waals surface area contributed by atoms with Gasteiger partial charge in [-0.05, 0) is 51.5 Å². The number of furan rings is 1. The van der Waals surface area contributed by atoms with E-state index < -0.39 is 11.4 Å². The molecule has 2 aromatic rings. The van der Waals surface area contributed by atoms with Gasteiger partial charge < -0.3 is 8.97 Å². The number of nitrogens with one attached hydrogen (secondary N) is 1. The van der Waals surface area contributed by atoms with Crippen molar-refractivity contribution in [3.63, 3.8) is 0 Å². The Kier molecular flexibility index (Phi) is 4.96. The standard InChI is InChI=1S/C16H22FNO2S/c1-5-6-13(18-21(19)16(2,3)4)15-10-11-9-12(17)7-8-14(11)20-15/h7-10,13,18H,5-6H2,1-4H3. The van der Waals surface area contributed by atoms with E-state index in [1.165, 1.54) is 12.1 Å². The Balaban J connectivity index is 2.27. The molecule has 5 heteroatoms. The second kappa shape index (κ2) is 6.38. The first-order valence-corrected chi connectivity index (χ1v) is 8.33. The third-order valence-corrected chi connectivity index (χ3v) is 4.83. The molecule has 0 aliphatic carbocycles. The lowest BCUT2D eigenvalue weighted by molar-refractivity contribution is 0.439. The van der Waals surface area contributed by atoms with Crippen molar-refractivity contribution in [1.82, 2.24) is 4.72 Å².